The molecule has 0 aliphatic rings. The Morgan fingerprint density at radius 2 is 1.50 bits per heavy atom. The standard InChI is InChI=1S/C23H33N3O8/c1-5-32-17(27)12-16(22(30)33-6-2)19(20(24)28)25-21(29)18(14(3)4)26-23(31)34-13-15-10-8-7-9-11-15/h7-11,14,16,18-19H,5-6,12-13H2,1-4H3,(H2,24,28)(H,25,29)(H,26,31)/t16-,18-,19-/m1/s1. The Bertz CT molecular complexity index is 844. The maximum absolute atomic E-state index is 12.9. The zero-order chi connectivity index (χ0) is 25.7. The smallest absolute Gasteiger partial charge is 0.408 e. The van der Waals surface area contributed by atoms with E-state index < -0.39 is 60.2 Å². The number of rotatable bonds is 13. The average Bonchev–Trinajstić information content (AvgIpc) is 2.78. The van der Waals surface area contributed by atoms with Crippen molar-refractivity contribution in [2.45, 2.75) is 52.8 Å². The number of hydrogen-bond acceptors (Lipinski definition) is 8. The van der Waals surface area contributed by atoms with E-state index in [1.165, 1.54) is 0 Å². The van der Waals surface area contributed by atoms with Gasteiger partial charge in [0, 0.05) is 0 Å². The Balaban J connectivity index is 2.95. The second kappa shape index (κ2) is 14.5. The van der Waals surface area contributed by atoms with Gasteiger partial charge in [0.15, 0.2) is 0 Å². The van der Waals surface area contributed by atoms with Crippen LogP contribution in [0, 0.1) is 11.8 Å². The van der Waals surface area contributed by atoms with Crippen molar-refractivity contribution in [1.29, 1.82) is 0 Å². The van der Waals surface area contributed by atoms with E-state index in [1.807, 2.05) is 6.07 Å². The van der Waals surface area contributed by atoms with Crippen LogP contribution in [-0.4, -0.2) is 55.1 Å². The minimum atomic E-state index is -1.57. The van der Waals surface area contributed by atoms with Crippen molar-refractivity contribution in [3.63, 3.8) is 0 Å². The van der Waals surface area contributed by atoms with Crippen LogP contribution in [0.2, 0.25) is 0 Å². The molecule has 0 aromatic heterocycles. The van der Waals surface area contributed by atoms with E-state index >= 15 is 0 Å². The van der Waals surface area contributed by atoms with E-state index in [2.05, 4.69) is 10.6 Å². The Morgan fingerprint density at radius 3 is 2.03 bits per heavy atom. The molecule has 11 nitrogen and oxygen atoms in total. The molecule has 3 atom stereocenters. The number of nitrogens with two attached hydrogens (primary N) is 1. The third kappa shape index (κ3) is 9.47. The summed E-state index contributed by atoms with van der Waals surface area (Å²) < 4.78 is 15.0. The topological polar surface area (TPSA) is 163 Å². The van der Waals surface area contributed by atoms with Gasteiger partial charge in [-0.15, -0.1) is 0 Å². The van der Waals surface area contributed by atoms with Crippen molar-refractivity contribution in [3.05, 3.63) is 35.9 Å². The molecule has 0 fully saturated rings. The van der Waals surface area contributed by atoms with E-state index in [0.29, 0.717) is 0 Å². The van der Waals surface area contributed by atoms with Gasteiger partial charge in [-0.1, -0.05) is 44.2 Å². The first-order chi connectivity index (χ1) is 16.1. The highest BCUT2D eigenvalue weighted by atomic mass is 16.6. The lowest BCUT2D eigenvalue weighted by Gasteiger charge is -2.27. The predicted molar refractivity (Wildman–Crippen MR) is 121 cm³/mol. The molecule has 0 saturated carbocycles. The molecule has 1 aromatic carbocycles. The van der Waals surface area contributed by atoms with Gasteiger partial charge >= 0.3 is 18.0 Å². The van der Waals surface area contributed by atoms with Crippen LogP contribution in [0.1, 0.15) is 39.7 Å². The molecule has 4 N–H and O–H groups in total. The summed E-state index contributed by atoms with van der Waals surface area (Å²) in [5.74, 6) is -5.30. The van der Waals surface area contributed by atoms with Crippen molar-refractivity contribution in [3.8, 4) is 0 Å². The number of amides is 3. The Hall–Kier alpha value is -3.63. The third-order valence-electron chi connectivity index (χ3n) is 4.72. The fourth-order valence-corrected chi connectivity index (χ4v) is 3.03. The molecule has 1 aromatic rings. The minimum Gasteiger partial charge on any atom is -0.466 e. The van der Waals surface area contributed by atoms with Crippen molar-refractivity contribution in [2.24, 2.45) is 17.6 Å². The quantitative estimate of drug-likeness (QED) is 0.279. The van der Waals surface area contributed by atoms with Crippen LogP contribution in [0.5, 0.6) is 0 Å². The van der Waals surface area contributed by atoms with Gasteiger partial charge in [0.2, 0.25) is 11.8 Å². The maximum atomic E-state index is 12.9. The van der Waals surface area contributed by atoms with Crippen LogP contribution in [0.15, 0.2) is 30.3 Å². The summed E-state index contributed by atoms with van der Waals surface area (Å²) in [6.45, 7) is 6.52. The van der Waals surface area contributed by atoms with Crippen molar-refractivity contribution in [1.82, 2.24) is 10.6 Å². The fraction of sp³-hybridized carbons (Fsp3) is 0.522. The summed E-state index contributed by atoms with van der Waals surface area (Å²) in [5, 5.41) is 4.82. The monoisotopic (exact) mass is 479 g/mol. The second-order valence-electron chi connectivity index (χ2n) is 7.68. The van der Waals surface area contributed by atoms with Gasteiger partial charge in [0.1, 0.15) is 18.7 Å². The Labute approximate surface area is 198 Å². The second-order valence-corrected chi connectivity index (χ2v) is 7.68. The normalized spacial score (nSPS) is 13.2. The predicted octanol–water partition coefficient (Wildman–Crippen LogP) is 1.04. The first kappa shape index (κ1) is 28.4. The van der Waals surface area contributed by atoms with Crippen molar-refractivity contribution in [2.75, 3.05) is 13.2 Å². The Kier molecular flexibility index (Phi) is 12.1. The molecule has 0 spiro atoms. The fourth-order valence-electron chi connectivity index (χ4n) is 3.03. The first-order valence-electron chi connectivity index (χ1n) is 11.0. The highest BCUT2D eigenvalue weighted by Crippen LogP contribution is 2.15. The number of primary amides is 1. The van der Waals surface area contributed by atoms with Crippen LogP contribution in [0.4, 0.5) is 4.79 Å². The number of carbonyl (C=O) groups excluding carboxylic acids is 5. The molecule has 0 saturated heterocycles. The number of ether oxygens (including phenoxy) is 3. The molecule has 0 unspecified atom stereocenters. The van der Waals surface area contributed by atoms with E-state index in [0.717, 1.165) is 5.56 Å². The molecule has 3 amide bonds. The number of nitrogens with one attached hydrogen (secondary N) is 2. The van der Waals surface area contributed by atoms with Gasteiger partial charge < -0.3 is 30.6 Å². The van der Waals surface area contributed by atoms with E-state index in [-0.39, 0.29) is 19.8 Å². The SMILES string of the molecule is CCOC(=O)C[C@@H](C(=O)OCC)[C@@H](NC(=O)[C@H](NC(=O)OCc1ccccc1)C(C)C)C(N)=O. The van der Waals surface area contributed by atoms with Gasteiger partial charge in [0.05, 0.1) is 25.6 Å². The molecular weight excluding hydrogens is 446 g/mol. The molecule has 0 aliphatic carbocycles. The molecule has 0 radical (unpaired) electrons. The first-order valence-corrected chi connectivity index (χ1v) is 11.0. The summed E-state index contributed by atoms with van der Waals surface area (Å²) in [5.41, 5.74) is 6.19. The van der Waals surface area contributed by atoms with Crippen LogP contribution in [0.25, 0.3) is 0 Å². The Morgan fingerprint density at radius 1 is 0.882 bits per heavy atom. The van der Waals surface area contributed by atoms with Gasteiger partial charge in [-0.2, -0.15) is 0 Å². The zero-order valence-corrected chi connectivity index (χ0v) is 19.9. The van der Waals surface area contributed by atoms with Crippen LogP contribution >= 0.6 is 0 Å². The molecule has 0 bridgehead atoms. The number of benzene rings is 1. The lowest BCUT2D eigenvalue weighted by Crippen LogP contribution is -2.58. The van der Waals surface area contributed by atoms with Crippen LogP contribution in [-0.2, 0) is 40.0 Å². The van der Waals surface area contributed by atoms with E-state index in [4.69, 9.17) is 19.9 Å². The average molecular weight is 480 g/mol. The zero-order valence-electron chi connectivity index (χ0n) is 19.9. The van der Waals surface area contributed by atoms with E-state index in [9.17, 15) is 24.0 Å². The van der Waals surface area contributed by atoms with Gasteiger partial charge in [-0.05, 0) is 25.3 Å². The molecule has 11 heteroatoms. The molecule has 188 valence electrons. The summed E-state index contributed by atoms with van der Waals surface area (Å²) in [6, 6.07) is 6.27. The lowest BCUT2D eigenvalue weighted by atomic mass is 9.94. The molecule has 1 rings (SSSR count). The number of hydrogen-bond donors (Lipinski definition) is 3. The summed E-state index contributed by atoms with van der Waals surface area (Å²) in [4.78, 5) is 61.8. The maximum Gasteiger partial charge on any atom is 0.408 e. The molecule has 0 aliphatic heterocycles. The van der Waals surface area contributed by atoms with E-state index in [1.54, 1.807) is 52.0 Å². The largest absolute Gasteiger partial charge is 0.466 e. The van der Waals surface area contributed by atoms with Crippen LogP contribution in [0.3, 0.4) is 0 Å². The van der Waals surface area contributed by atoms with Gasteiger partial charge in [-0.3, -0.25) is 19.2 Å². The summed E-state index contributed by atoms with van der Waals surface area (Å²) >= 11 is 0. The highest BCUT2D eigenvalue weighted by molar-refractivity contribution is 5.94. The molecule has 34 heavy (non-hydrogen) atoms. The summed E-state index contributed by atoms with van der Waals surface area (Å²) in [7, 11) is 0. The van der Waals surface area contributed by atoms with Gasteiger partial charge in [0.25, 0.3) is 0 Å². The van der Waals surface area contributed by atoms with Crippen LogP contribution < -0.4 is 16.4 Å². The van der Waals surface area contributed by atoms with Crippen molar-refractivity contribution >= 4 is 29.8 Å². The molecular formula is C23H33N3O8. The molecule has 0 heterocycles. The lowest BCUT2D eigenvalue weighted by molar-refractivity contribution is -0.157. The van der Waals surface area contributed by atoms with Gasteiger partial charge in [-0.25, -0.2) is 4.79 Å². The summed E-state index contributed by atoms with van der Waals surface area (Å²) in [6.07, 6.45) is -1.37. The number of alkyl carbamates (subject to hydrolysis) is 1. The third-order valence-corrected chi connectivity index (χ3v) is 4.72. The number of carbonyl (C=O) groups is 5. The minimum absolute atomic E-state index is 0.00646. The number of esters is 2. The highest BCUT2D eigenvalue weighted by Gasteiger charge is 2.39. The van der Waals surface area contributed by atoms with Crippen molar-refractivity contribution < 1.29 is 38.2 Å².